The molecule has 0 aliphatic rings. The lowest BCUT2D eigenvalue weighted by Gasteiger charge is -2.22. The fourth-order valence-corrected chi connectivity index (χ4v) is 11.3. The molecule has 0 aliphatic heterocycles. The Kier molecular flexibility index (Phi) is 6.01. The van der Waals surface area contributed by atoms with Gasteiger partial charge in [0.2, 0.25) is 0 Å². The summed E-state index contributed by atoms with van der Waals surface area (Å²) < 4.78 is 62.3. The molecular formula is C46H25F2O3P. The number of furan rings is 2. The van der Waals surface area contributed by atoms with Gasteiger partial charge in [0.05, 0.1) is 10.6 Å². The molecule has 52 heavy (non-hydrogen) atoms. The van der Waals surface area contributed by atoms with Crippen LogP contribution in [0.4, 0.5) is 8.78 Å². The Morgan fingerprint density at radius 3 is 1.12 bits per heavy atom. The summed E-state index contributed by atoms with van der Waals surface area (Å²) in [5.41, 5.74) is 0.883. The largest absolute Gasteiger partial charge is 0.452 e. The Hall–Kier alpha value is -6.29. The van der Waals surface area contributed by atoms with E-state index in [1.54, 1.807) is 0 Å². The van der Waals surface area contributed by atoms with Crippen LogP contribution in [0.1, 0.15) is 0 Å². The van der Waals surface area contributed by atoms with Gasteiger partial charge in [-0.05, 0) is 67.4 Å². The molecule has 0 amide bonds. The van der Waals surface area contributed by atoms with E-state index in [1.165, 1.54) is 12.1 Å². The zero-order chi connectivity index (χ0) is 34.7. The van der Waals surface area contributed by atoms with Gasteiger partial charge < -0.3 is 13.4 Å². The van der Waals surface area contributed by atoms with Crippen molar-refractivity contribution in [3.05, 3.63) is 163 Å². The van der Waals surface area contributed by atoms with Gasteiger partial charge in [0.25, 0.3) is 0 Å². The fourth-order valence-electron chi connectivity index (χ4n) is 8.33. The van der Waals surface area contributed by atoms with Crippen molar-refractivity contribution in [2.75, 3.05) is 0 Å². The summed E-state index contributed by atoms with van der Waals surface area (Å²) >= 11 is 0. The quantitative estimate of drug-likeness (QED) is 0.173. The molecule has 0 saturated carbocycles. The number of hydrogen-bond acceptors (Lipinski definition) is 3. The van der Waals surface area contributed by atoms with Crippen LogP contribution in [0.5, 0.6) is 0 Å². The van der Waals surface area contributed by atoms with E-state index in [1.807, 2.05) is 140 Å². The molecule has 11 rings (SSSR count). The minimum absolute atomic E-state index is 0.104. The molecule has 246 valence electrons. The number of rotatable bonds is 3. The third-order valence-corrected chi connectivity index (χ3v) is 13.6. The summed E-state index contributed by atoms with van der Waals surface area (Å²) in [5.74, 6) is -0.996. The van der Waals surface area contributed by atoms with Gasteiger partial charge >= 0.3 is 0 Å². The molecule has 0 atom stereocenters. The van der Waals surface area contributed by atoms with Crippen molar-refractivity contribution >= 4 is 110 Å². The van der Waals surface area contributed by atoms with Crippen LogP contribution < -0.4 is 15.9 Å². The van der Waals surface area contributed by atoms with Gasteiger partial charge in [-0.15, -0.1) is 0 Å². The normalized spacial score (nSPS) is 12.5. The van der Waals surface area contributed by atoms with E-state index in [-0.39, 0.29) is 11.2 Å². The number of halogens is 2. The molecule has 6 heteroatoms. The van der Waals surface area contributed by atoms with Crippen LogP contribution in [0.3, 0.4) is 0 Å². The van der Waals surface area contributed by atoms with Crippen LogP contribution in [0.15, 0.2) is 160 Å². The van der Waals surface area contributed by atoms with Crippen molar-refractivity contribution in [2.24, 2.45) is 0 Å². The van der Waals surface area contributed by atoms with Gasteiger partial charge in [0.1, 0.15) is 11.2 Å². The summed E-state index contributed by atoms with van der Waals surface area (Å²) in [6, 6.07) is 47.1. The summed E-state index contributed by atoms with van der Waals surface area (Å²) in [4.78, 5) is 0. The summed E-state index contributed by atoms with van der Waals surface area (Å²) in [5, 5.41) is 10.5. The summed E-state index contributed by atoms with van der Waals surface area (Å²) in [7, 11) is -3.97. The molecule has 0 bridgehead atoms. The first-order chi connectivity index (χ1) is 25.5. The fraction of sp³-hybridized carbons (Fsp3) is 0. The molecule has 0 fully saturated rings. The zero-order valence-corrected chi connectivity index (χ0v) is 28.3. The van der Waals surface area contributed by atoms with Crippen molar-refractivity contribution in [3.63, 3.8) is 0 Å². The minimum Gasteiger partial charge on any atom is -0.452 e. The van der Waals surface area contributed by atoms with E-state index >= 15 is 13.3 Å². The van der Waals surface area contributed by atoms with Crippen LogP contribution in [-0.4, -0.2) is 0 Å². The van der Waals surface area contributed by atoms with Crippen LogP contribution in [0.25, 0.3) is 87.0 Å². The highest BCUT2D eigenvalue weighted by atomic mass is 31.2. The van der Waals surface area contributed by atoms with Gasteiger partial charge in [0.15, 0.2) is 29.9 Å². The van der Waals surface area contributed by atoms with Crippen molar-refractivity contribution in [3.8, 4) is 0 Å². The number of hydrogen-bond donors (Lipinski definition) is 0. The van der Waals surface area contributed by atoms with Crippen molar-refractivity contribution < 1.29 is 22.2 Å². The second kappa shape index (κ2) is 10.6. The number of fused-ring (bicyclic) bond motifs is 14. The second-order valence-corrected chi connectivity index (χ2v) is 16.1. The Bertz CT molecular complexity index is 3160. The average Bonchev–Trinajstić information content (AvgIpc) is 3.80. The second-order valence-electron chi connectivity index (χ2n) is 13.4. The van der Waals surface area contributed by atoms with Crippen LogP contribution in [0.2, 0.25) is 0 Å². The van der Waals surface area contributed by atoms with Gasteiger partial charge in [-0.3, -0.25) is 0 Å². The Morgan fingerprint density at radius 1 is 0.385 bits per heavy atom. The zero-order valence-electron chi connectivity index (χ0n) is 27.4. The predicted octanol–water partition coefficient (Wildman–Crippen LogP) is 12.0. The molecule has 0 radical (unpaired) electrons. The highest BCUT2D eigenvalue weighted by Crippen LogP contribution is 2.52. The minimum atomic E-state index is -3.97. The lowest BCUT2D eigenvalue weighted by molar-refractivity contribution is 0.582. The molecule has 11 aromatic rings. The summed E-state index contributed by atoms with van der Waals surface area (Å²) in [6.07, 6.45) is 0. The smallest absolute Gasteiger partial charge is 0.178 e. The molecule has 3 nitrogen and oxygen atoms in total. The maximum Gasteiger partial charge on any atom is 0.178 e. The Morgan fingerprint density at radius 2 is 0.712 bits per heavy atom. The van der Waals surface area contributed by atoms with Gasteiger partial charge in [-0.2, -0.15) is 0 Å². The lowest BCUT2D eigenvalue weighted by atomic mass is 9.99. The lowest BCUT2D eigenvalue weighted by Crippen LogP contribution is -2.26. The van der Waals surface area contributed by atoms with Crippen LogP contribution >= 0.6 is 7.14 Å². The molecule has 2 aromatic heterocycles. The molecule has 0 spiro atoms. The van der Waals surface area contributed by atoms with E-state index in [4.69, 9.17) is 8.83 Å². The molecular weight excluding hydrogens is 669 g/mol. The average molecular weight is 695 g/mol. The third kappa shape index (κ3) is 3.86. The molecule has 9 aromatic carbocycles. The van der Waals surface area contributed by atoms with Crippen molar-refractivity contribution in [1.82, 2.24) is 0 Å². The number of benzene rings is 9. The standard InChI is InChI=1S/C46H25F2O3P/c47-35-22-26-12-4-8-18-31(26)39-41-33-20-10-6-14-28(33)24-37(45(41)50-43(35)39)52(49,30-16-2-1-3-17-30)38-25-29-15-7-11-21-34(29)42-40-32-19-9-5-13-27(32)23-36(48)44(40)51-46(38)42/h1-25H. The van der Waals surface area contributed by atoms with E-state index in [0.29, 0.717) is 48.6 Å². The topological polar surface area (TPSA) is 43.4 Å². The summed E-state index contributed by atoms with van der Waals surface area (Å²) in [6.45, 7) is 0. The Labute approximate surface area is 294 Å². The highest BCUT2D eigenvalue weighted by Gasteiger charge is 2.38. The van der Waals surface area contributed by atoms with Gasteiger partial charge in [-0.1, -0.05) is 127 Å². The Balaban J connectivity index is 1.39. The first kappa shape index (κ1) is 29.4. The van der Waals surface area contributed by atoms with E-state index in [0.717, 1.165) is 43.1 Å². The van der Waals surface area contributed by atoms with E-state index < -0.39 is 18.8 Å². The molecule has 0 N–H and O–H groups in total. The molecule has 0 saturated heterocycles. The van der Waals surface area contributed by atoms with E-state index in [9.17, 15) is 0 Å². The van der Waals surface area contributed by atoms with Gasteiger partial charge in [-0.25, -0.2) is 8.78 Å². The molecule has 2 heterocycles. The molecule has 0 unspecified atom stereocenters. The predicted molar refractivity (Wildman–Crippen MR) is 210 cm³/mol. The monoisotopic (exact) mass is 694 g/mol. The highest BCUT2D eigenvalue weighted by molar-refractivity contribution is 7.86. The SMILES string of the molecule is O=P(c1ccccc1)(c1cc2ccccc2c2c1oc1c(F)cc3ccccc3c12)c1cc2ccccc2c2c1oc1c(F)cc3ccccc3c12. The first-order valence-corrected chi connectivity index (χ1v) is 18.8. The van der Waals surface area contributed by atoms with Crippen molar-refractivity contribution in [1.29, 1.82) is 0 Å². The van der Waals surface area contributed by atoms with Crippen LogP contribution in [-0.2, 0) is 4.57 Å². The molecule has 0 aliphatic carbocycles. The van der Waals surface area contributed by atoms with Crippen LogP contribution in [0, 0.1) is 11.6 Å². The van der Waals surface area contributed by atoms with Gasteiger partial charge in [0, 0.05) is 26.8 Å². The first-order valence-electron chi connectivity index (χ1n) is 17.1. The maximum atomic E-state index is 16.9. The van der Waals surface area contributed by atoms with Crippen molar-refractivity contribution in [2.45, 2.75) is 0 Å². The van der Waals surface area contributed by atoms with E-state index in [2.05, 4.69) is 0 Å². The maximum absolute atomic E-state index is 16.9. The third-order valence-electron chi connectivity index (χ3n) is 10.6.